The third-order valence-electron chi connectivity index (χ3n) is 6.05. The Kier molecular flexibility index (Phi) is 7.42. The van der Waals surface area contributed by atoms with E-state index in [0.29, 0.717) is 14.9 Å². The lowest BCUT2D eigenvalue weighted by Gasteiger charge is -2.23. The molecule has 5 rings (SSSR count). The Hall–Kier alpha value is -4.47. The number of halogens is 2. The summed E-state index contributed by atoms with van der Waals surface area (Å²) in [5.41, 5.74) is 0.948. The number of anilines is 1. The van der Waals surface area contributed by atoms with Gasteiger partial charge in [0.2, 0.25) is 0 Å². The quantitative estimate of drug-likeness (QED) is 0.191. The first kappa shape index (κ1) is 27.1. The number of carbonyl (C=O) groups excluding carboxylic acids is 2. The van der Waals surface area contributed by atoms with E-state index in [-0.39, 0.29) is 45.0 Å². The van der Waals surface area contributed by atoms with Crippen molar-refractivity contribution in [1.82, 2.24) is 0 Å². The molecule has 0 saturated carbocycles. The van der Waals surface area contributed by atoms with Crippen LogP contribution in [0.4, 0.5) is 10.1 Å². The molecule has 10 heteroatoms. The fraction of sp³-hybridized carbons (Fsp3) is 0.0667. The summed E-state index contributed by atoms with van der Waals surface area (Å²) in [6.07, 6.45) is 0. The van der Waals surface area contributed by atoms with Crippen LogP contribution in [0.3, 0.4) is 0 Å². The summed E-state index contributed by atoms with van der Waals surface area (Å²) in [5.74, 6) is -1.95. The van der Waals surface area contributed by atoms with Crippen molar-refractivity contribution in [2.45, 2.75) is 11.8 Å². The van der Waals surface area contributed by atoms with Crippen LogP contribution in [0.25, 0.3) is 22.3 Å². The highest BCUT2D eigenvalue weighted by Gasteiger charge is 2.33. The largest absolute Gasteiger partial charge is 0.462 e. The van der Waals surface area contributed by atoms with Crippen LogP contribution >= 0.6 is 11.6 Å². The Balaban J connectivity index is 1.74. The molecule has 0 unspecified atom stereocenters. The van der Waals surface area contributed by atoms with Crippen LogP contribution in [0.5, 0.6) is 0 Å². The molecule has 40 heavy (non-hydrogen) atoms. The molecule has 0 atom stereocenters. The number of rotatable bonds is 7. The average molecular weight is 578 g/mol. The van der Waals surface area contributed by atoms with E-state index in [4.69, 9.17) is 20.8 Å². The Morgan fingerprint density at radius 1 is 0.925 bits per heavy atom. The highest BCUT2D eigenvalue weighted by Crippen LogP contribution is 2.37. The van der Waals surface area contributed by atoms with Gasteiger partial charge in [0.1, 0.15) is 22.7 Å². The van der Waals surface area contributed by atoms with Gasteiger partial charge in [-0.3, -0.25) is 4.79 Å². The summed E-state index contributed by atoms with van der Waals surface area (Å²) in [4.78, 5) is 26.5. The molecule has 202 valence electrons. The maximum atomic E-state index is 13.9. The second-order valence-electron chi connectivity index (χ2n) is 8.61. The predicted octanol–water partition coefficient (Wildman–Crippen LogP) is 7.10. The molecule has 0 spiro atoms. The lowest BCUT2D eigenvalue weighted by atomic mass is 10.1. The number of furan rings is 1. The van der Waals surface area contributed by atoms with E-state index in [2.05, 4.69) is 0 Å². The van der Waals surface area contributed by atoms with Crippen molar-refractivity contribution in [3.8, 4) is 11.3 Å². The molecular formula is C30H21ClFNO6S. The number of carbonyl (C=O) groups is 2. The topological polar surface area (TPSA) is 93.9 Å². The van der Waals surface area contributed by atoms with Crippen molar-refractivity contribution in [3.63, 3.8) is 0 Å². The zero-order valence-electron chi connectivity index (χ0n) is 21.0. The predicted molar refractivity (Wildman–Crippen MR) is 149 cm³/mol. The summed E-state index contributed by atoms with van der Waals surface area (Å²) in [7, 11) is -4.55. The number of ether oxygens (including phenoxy) is 1. The van der Waals surface area contributed by atoms with E-state index in [1.165, 1.54) is 42.5 Å². The first-order valence-corrected chi connectivity index (χ1v) is 13.9. The highest BCUT2D eigenvalue weighted by atomic mass is 35.5. The number of amides is 1. The molecule has 0 bridgehead atoms. The van der Waals surface area contributed by atoms with Crippen LogP contribution in [0.2, 0.25) is 5.02 Å². The van der Waals surface area contributed by atoms with Crippen molar-refractivity contribution in [2.24, 2.45) is 0 Å². The van der Waals surface area contributed by atoms with Crippen molar-refractivity contribution in [1.29, 1.82) is 0 Å². The van der Waals surface area contributed by atoms with Crippen molar-refractivity contribution >= 4 is 50.2 Å². The van der Waals surface area contributed by atoms with E-state index < -0.39 is 27.7 Å². The Morgan fingerprint density at radius 3 is 2.25 bits per heavy atom. The molecule has 7 nitrogen and oxygen atoms in total. The van der Waals surface area contributed by atoms with E-state index in [1.807, 2.05) is 6.07 Å². The van der Waals surface area contributed by atoms with Gasteiger partial charge in [0.05, 0.1) is 17.2 Å². The van der Waals surface area contributed by atoms with Gasteiger partial charge in [-0.05, 0) is 73.7 Å². The monoisotopic (exact) mass is 577 g/mol. The number of nitrogens with zero attached hydrogens (tertiary/aromatic N) is 1. The van der Waals surface area contributed by atoms with Gasteiger partial charge < -0.3 is 9.15 Å². The smallest absolute Gasteiger partial charge is 0.342 e. The average Bonchev–Trinajstić information content (AvgIpc) is 3.33. The van der Waals surface area contributed by atoms with Crippen LogP contribution in [0.1, 0.15) is 27.6 Å². The van der Waals surface area contributed by atoms with Gasteiger partial charge in [-0.2, -0.15) is 4.31 Å². The van der Waals surface area contributed by atoms with Gasteiger partial charge in [0.15, 0.2) is 0 Å². The number of esters is 1. The zero-order chi connectivity index (χ0) is 28.4. The van der Waals surface area contributed by atoms with Crippen LogP contribution in [0.15, 0.2) is 106 Å². The lowest BCUT2D eigenvalue weighted by Crippen LogP contribution is -2.37. The van der Waals surface area contributed by atoms with E-state index in [1.54, 1.807) is 31.2 Å². The third kappa shape index (κ3) is 5.09. The standard InChI is InChI=1S/C30H21ClFNO6S/c1-2-38-30(35)27-25-18-23(14-17-26(25)39-28(27)19-6-4-3-5-7-19)33(29(34)20-8-10-21(31)11-9-20)40(36,37)24-15-12-22(32)13-16-24/h3-18H,2H2,1H3. The van der Waals surface area contributed by atoms with Gasteiger partial charge in [-0.25, -0.2) is 17.6 Å². The van der Waals surface area contributed by atoms with Crippen molar-refractivity contribution in [2.75, 3.05) is 10.9 Å². The zero-order valence-corrected chi connectivity index (χ0v) is 22.6. The van der Waals surface area contributed by atoms with E-state index >= 15 is 0 Å². The molecule has 0 saturated heterocycles. The molecule has 5 aromatic rings. The van der Waals surface area contributed by atoms with Crippen LogP contribution in [-0.4, -0.2) is 26.9 Å². The van der Waals surface area contributed by atoms with Crippen LogP contribution < -0.4 is 4.31 Å². The molecule has 0 N–H and O–H groups in total. The molecule has 0 aliphatic rings. The minimum absolute atomic E-state index is 0.0398. The second-order valence-corrected chi connectivity index (χ2v) is 10.8. The Morgan fingerprint density at radius 2 is 1.60 bits per heavy atom. The molecule has 4 aromatic carbocycles. The number of hydrogen-bond donors (Lipinski definition) is 0. The maximum absolute atomic E-state index is 13.9. The first-order valence-electron chi connectivity index (χ1n) is 12.1. The van der Waals surface area contributed by atoms with E-state index in [9.17, 15) is 22.4 Å². The third-order valence-corrected chi connectivity index (χ3v) is 8.03. The minimum atomic E-state index is -4.55. The number of benzene rings is 4. The van der Waals surface area contributed by atoms with Crippen molar-refractivity contribution < 1.29 is 31.6 Å². The molecule has 1 heterocycles. The molecule has 1 aromatic heterocycles. The summed E-state index contributed by atoms with van der Waals surface area (Å²) in [5, 5.41) is 0.606. The number of fused-ring (bicyclic) bond motifs is 1. The van der Waals surface area contributed by atoms with Crippen LogP contribution in [0, 0.1) is 5.82 Å². The Labute approximate surface area is 234 Å². The fourth-order valence-corrected chi connectivity index (χ4v) is 5.73. The normalized spacial score (nSPS) is 11.4. The second kappa shape index (κ2) is 11.0. The number of hydrogen-bond acceptors (Lipinski definition) is 6. The summed E-state index contributed by atoms with van der Waals surface area (Å²) in [6.45, 7) is 1.76. The van der Waals surface area contributed by atoms with E-state index in [0.717, 1.165) is 24.3 Å². The highest BCUT2D eigenvalue weighted by molar-refractivity contribution is 7.93. The minimum Gasteiger partial charge on any atom is -0.462 e. The summed E-state index contributed by atoms with van der Waals surface area (Å²) in [6, 6.07) is 23.0. The number of sulfonamides is 1. The maximum Gasteiger partial charge on any atom is 0.342 e. The summed E-state index contributed by atoms with van der Waals surface area (Å²) >= 11 is 5.97. The van der Waals surface area contributed by atoms with Crippen LogP contribution in [-0.2, 0) is 14.8 Å². The van der Waals surface area contributed by atoms with Gasteiger partial charge in [0, 0.05) is 21.5 Å². The first-order chi connectivity index (χ1) is 19.2. The van der Waals surface area contributed by atoms with Crippen molar-refractivity contribution in [3.05, 3.63) is 119 Å². The van der Waals surface area contributed by atoms with Gasteiger partial charge in [0.25, 0.3) is 15.9 Å². The summed E-state index contributed by atoms with van der Waals surface area (Å²) < 4.78 is 53.2. The van der Waals surface area contributed by atoms with Gasteiger partial charge >= 0.3 is 5.97 Å². The molecule has 1 amide bonds. The van der Waals surface area contributed by atoms with Gasteiger partial charge in [-0.15, -0.1) is 0 Å². The lowest BCUT2D eigenvalue weighted by molar-refractivity contribution is 0.0528. The SMILES string of the molecule is CCOC(=O)c1c(-c2ccccc2)oc2ccc(N(C(=O)c3ccc(Cl)cc3)S(=O)(=O)c3ccc(F)cc3)cc12. The fourth-order valence-electron chi connectivity index (χ4n) is 4.20. The molecule has 0 radical (unpaired) electrons. The van der Waals surface area contributed by atoms with Gasteiger partial charge in [-0.1, -0.05) is 41.9 Å². The molecule has 0 aliphatic carbocycles. The molecular weight excluding hydrogens is 557 g/mol. The molecule has 0 aliphatic heterocycles. The molecule has 0 fully saturated rings. The Bertz CT molecular complexity index is 1820.